The Morgan fingerprint density at radius 3 is 2.07 bits per heavy atom. The van der Waals surface area contributed by atoms with Crippen molar-refractivity contribution in [2.75, 3.05) is 26.3 Å². The molecule has 0 atom stereocenters. The van der Waals surface area contributed by atoms with Gasteiger partial charge >= 0.3 is 0 Å². The molecule has 0 fully saturated rings. The van der Waals surface area contributed by atoms with Crippen molar-refractivity contribution in [3.8, 4) is 11.5 Å². The van der Waals surface area contributed by atoms with Gasteiger partial charge in [0.25, 0.3) is 11.8 Å². The highest BCUT2D eigenvalue weighted by atomic mass is 35.5. The minimum absolute atomic E-state index is 0.0719. The van der Waals surface area contributed by atoms with E-state index in [1.54, 1.807) is 24.3 Å². The van der Waals surface area contributed by atoms with Gasteiger partial charge in [-0.25, -0.2) is 0 Å². The van der Waals surface area contributed by atoms with Gasteiger partial charge in [0.05, 0.1) is 0 Å². The monoisotopic (exact) mass is 390 g/mol. The first kappa shape index (κ1) is 20.6. The lowest BCUT2D eigenvalue weighted by Gasteiger charge is -2.11. The Bertz CT molecular complexity index is 778. The smallest absolute Gasteiger partial charge is 0.258 e. The molecule has 2 aromatic rings. The number of carbonyl (C=O) groups excluding carboxylic acids is 2. The third-order valence-corrected chi connectivity index (χ3v) is 3.89. The first-order valence-corrected chi connectivity index (χ1v) is 8.93. The van der Waals surface area contributed by atoms with E-state index in [1.165, 1.54) is 0 Å². The van der Waals surface area contributed by atoms with E-state index in [1.807, 2.05) is 32.0 Å². The van der Waals surface area contributed by atoms with E-state index in [0.29, 0.717) is 29.6 Å². The summed E-state index contributed by atoms with van der Waals surface area (Å²) in [5.74, 6) is 0.724. The van der Waals surface area contributed by atoms with Gasteiger partial charge in [0.2, 0.25) is 0 Å². The Hall–Kier alpha value is -2.73. The Morgan fingerprint density at radius 1 is 0.889 bits per heavy atom. The molecule has 0 spiro atoms. The predicted octanol–water partition coefficient (Wildman–Crippen LogP) is 2.65. The van der Waals surface area contributed by atoms with Crippen molar-refractivity contribution in [2.24, 2.45) is 0 Å². The molecule has 0 unspecified atom stereocenters. The molecule has 27 heavy (non-hydrogen) atoms. The van der Waals surface area contributed by atoms with Crippen LogP contribution in [0, 0.1) is 13.8 Å². The zero-order chi connectivity index (χ0) is 19.6. The number of amides is 2. The van der Waals surface area contributed by atoms with Crippen molar-refractivity contribution in [1.29, 1.82) is 0 Å². The maximum Gasteiger partial charge on any atom is 0.258 e. The topological polar surface area (TPSA) is 76.7 Å². The molecule has 2 aromatic carbocycles. The first-order valence-electron chi connectivity index (χ1n) is 8.56. The van der Waals surface area contributed by atoms with Crippen LogP contribution in [0.1, 0.15) is 11.1 Å². The fourth-order valence-electron chi connectivity index (χ4n) is 2.29. The summed E-state index contributed by atoms with van der Waals surface area (Å²) in [6, 6.07) is 12.5. The molecule has 0 aliphatic rings. The van der Waals surface area contributed by atoms with Crippen molar-refractivity contribution >= 4 is 23.4 Å². The highest BCUT2D eigenvalue weighted by Crippen LogP contribution is 2.18. The van der Waals surface area contributed by atoms with Crippen LogP contribution >= 0.6 is 11.6 Å². The molecule has 0 heterocycles. The third-order valence-electron chi connectivity index (χ3n) is 3.64. The van der Waals surface area contributed by atoms with E-state index in [9.17, 15) is 9.59 Å². The number of hydrogen-bond acceptors (Lipinski definition) is 4. The predicted molar refractivity (Wildman–Crippen MR) is 104 cm³/mol. The number of nitrogens with one attached hydrogen (secondary N) is 2. The lowest BCUT2D eigenvalue weighted by atomic mass is 10.1. The fraction of sp³-hybridized carbons (Fsp3) is 0.300. The van der Waals surface area contributed by atoms with Crippen LogP contribution in [0.25, 0.3) is 0 Å². The van der Waals surface area contributed by atoms with Gasteiger partial charge in [0.15, 0.2) is 13.2 Å². The maximum absolute atomic E-state index is 11.8. The van der Waals surface area contributed by atoms with E-state index in [4.69, 9.17) is 21.1 Å². The maximum atomic E-state index is 11.8. The van der Waals surface area contributed by atoms with Crippen LogP contribution in [0.3, 0.4) is 0 Å². The van der Waals surface area contributed by atoms with Crippen molar-refractivity contribution in [2.45, 2.75) is 13.8 Å². The number of hydrogen-bond donors (Lipinski definition) is 2. The Balaban J connectivity index is 1.58. The van der Waals surface area contributed by atoms with Crippen LogP contribution in [-0.4, -0.2) is 38.1 Å². The standard InChI is InChI=1S/C20H23ClN2O4/c1-14-3-8-18(15(2)11-14)27-13-20(25)23-10-9-22-19(24)12-26-17-6-4-16(21)5-7-17/h3-8,11H,9-10,12-13H2,1-2H3,(H,22,24)(H,23,25). The van der Waals surface area contributed by atoms with Gasteiger partial charge in [-0.1, -0.05) is 29.3 Å². The molecule has 2 N–H and O–H groups in total. The van der Waals surface area contributed by atoms with Crippen LogP contribution in [0.5, 0.6) is 11.5 Å². The number of halogens is 1. The van der Waals surface area contributed by atoms with E-state index in [0.717, 1.165) is 11.1 Å². The molecule has 0 saturated heterocycles. The molecule has 144 valence electrons. The van der Waals surface area contributed by atoms with Gasteiger partial charge in [-0.15, -0.1) is 0 Å². The second-order valence-electron chi connectivity index (χ2n) is 6.00. The summed E-state index contributed by atoms with van der Waals surface area (Å²) in [6.07, 6.45) is 0. The number of benzene rings is 2. The lowest BCUT2D eigenvalue weighted by Crippen LogP contribution is -2.38. The van der Waals surface area contributed by atoms with Crippen molar-refractivity contribution in [1.82, 2.24) is 10.6 Å². The Morgan fingerprint density at radius 2 is 1.48 bits per heavy atom. The second-order valence-corrected chi connectivity index (χ2v) is 6.44. The average Bonchev–Trinajstić information content (AvgIpc) is 2.64. The summed E-state index contributed by atoms with van der Waals surface area (Å²) >= 11 is 5.78. The Kier molecular flexibility index (Phi) is 7.95. The molecule has 0 radical (unpaired) electrons. The van der Waals surface area contributed by atoms with Crippen LogP contribution < -0.4 is 20.1 Å². The molecular weight excluding hydrogens is 368 g/mol. The number of rotatable bonds is 9. The highest BCUT2D eigenvalue weighted by molar-refractivity contribution is 6.30. The highest BCUT2D eigenvalue weighted by Gasteiger charge is 2.06. The molecule has 2 amide bonds. The van der Waals surface area contributed by atoms with E-state index >= 15 is 0 Å². The van der Waals surface area contributed by atoms with Crippen LogP contribution in [0.15, 0.2) is 42.5 Å². The SMILES string of the molecule is Cc1ccc(OCC(=O)NCCNC(=O)COc2ccc(Cl)cc2)c(C)c1. The summed E-state index contributed by atoms with van der Waals surface area (Å²) in [7, 11) is 0. The van der Waals surface area contributed by atoms with E-state index < -0.39 is 0 Å². The van der Waals surface area contributed by atoms with Crippen molar-refractivity contribution < 1.29 is 19.1 Å². The zero-order valence-corrected chi connectivity index (χ0v) is 16.1. The summed E-state index contributed by atoms with van der Waals surface area (Å²) < 4.78 is 10.8. The average molecular weight is 391 g/mol. The molecular formula is C20H23ClN2O4. The van der Waals surface area contributed by atoms with Crippen LogP contribution in [0.2, 0.25) is 5.02 Å². The van der Waals surface area contributed by atoms with Crippen LogP contribution in [-0.2, 0) is 9.59 Å². The van der Waals surface area contributed by atoms with Crippen molar-refractivity contribution in [3.63, 3.8) is 0 Å². The van der Waals surface area contributed by atoms with Gasteiger partial charge < -0.3 is 20.1 Å². The molecule has 6 nitrogen and oxygen atoms in total. The largest absolute Gasteiger partial charge is 0.484 e. The van der Waals surface area contributed by atoms with E-state index in [2.05, 4.69) is 10.6 Å². The molecule has 0 aliphatic carbocycles. The molecule has 7 heteroatoms. The summed E-state index contributed by atoms with van der Waals surface area (Å²) in [5.41, 5.74) is 2.12. The molecule has 0 aromatic heterocycles. The van der Waals surface area contributed by atoms with Gasteiger partial charge in [-0.3, -0.25) is 9.59 Å². The quantitative estimate of drug-likeness (QED) is 0.645. The summed E-state index contributed by atoms with van der Waals surface area (Å²) in [6.45, 7) is 4.36. The minimum atomic E-state index is -0.272. The van der Waals surface area contributed by atoms with Gasteiger partial charge in [0.1, 0.15) is 11.5 Å². The molecule has 0 aliphatic heterocycles. The van der Waals surface area contributed by atoms with Crippen molar-refractivity contribution in [3.05, 3.63) is 58.6 Å². The molecule has 0 saturated carbocycles. The van der Waals surface area contributed by atoms with Crippen LogP contribution in [0.4, 0.5) is 0 Å². The molecule has 2 rings (SSSR count). The number of carbonyl (C=O) groups is 2. The third kappa shape index (κ3) is 7.58. The zero-order valence-electron chi connectivity index (χ0n) is 15.4. The van der Waals surface area contributed by atoms with Gasteiger partial charge in [-0.05, 0) is 49.7 Å². The summed E-state index contributed by atoms with van der Waals surface area (Å²) in [4.78, 5) is 23.5. The lowest BCUT2D eigenvalue weighted by molar-refractivity contribution is -0.124. The number of ether oxygens (including phenoxy) is 2. The molecule has 0 bridgehead atoms. The Labute approximate surface area is 163 Å². The van der Waals surface area contributed by atoms with E-state index in [-0.39, 0.29) is 25.0 Å². The second kappa shape index (κ2) is 10.4. The number of aryl methyl sites for hydroxylation is 2. The summed E-state index contributed by atoms with van der Waals surface area (Å²) in [5, 5.41) is 5.95. The minimum Gasteiger partial charge on any atom is -0.484 e. The van der Waals surface area contributed by atoms with Gasteiger partial charge in [0, 0.05) is 18.1 Å². The normalized spacial score (nSPS) is 10.2. The fourth-order valence-corrected chi connectivity index (χ4v) is 2.42. The first-order chi connectivity index (χ1) is 12.9. The van der Waals surface area contributed by atoms with Gasteiger partial charge in [-0.2, -0.15) is 0 Å².